The lowest BCUT2D eigenvalue weighted by atomic mass is 10.1. The Kier molecular flexibility index (Phi) is 7.10. The number of halogens is 2. The van der Waals surface area contributed by atoms with Gasteiger partial charge in [-0.3, -0.25) is 13.7 Å². The first-order chi connectivity index (χ1) is 15.4. The number of aliphatic hydroxyl groups is 1. The summed E-state index contributed by atoms with van der Waals surface area (Å²) < 4.78 is 54.3. The lowest BCUT2D eigenvalue weighted by molar-refractivity contribution is -0.0425. The molecule has 6 atom stereocenters. The van der Waals surface area contributed by atoms with E-state index in [9.17, 15) is 23.5 Å². The first-order valence-electron chi connectivity index (χ1n) is 9.66. The van der Waals surface area contributed by atoms with Gasteiger partial charge in [0.25, 0.3) is 0 Å². The van der Waals surface area contributed by atoms with Gasteiger partial charge in [-0.2, -0.15) is 9.97 Å². The molecule has 2 unspecified atom stereocenters. The van der Waals surface area contributed by atoms with Crippen molar-refractivity contribution in [3.8, 4) is 0 Å². The van der Waals surface area contributed by atoms with Gasteiger partial charge in [0.15, 0.2) is 35.3 Å². The standard InChI is InChI=1S/C15H21ClFN5O9P2/c16-15-20-12(19-7-1-2-29-3-7)10-13(21-15)22(5-18-10)14-9(17)11(23)8(31-14)4-30-33(27,28)6-32(24,25)26/h5,7-9,11,14,23H,1-4,6H2,(H,27,28)(H,19,20,21)(H2,24,25,26)/t7?,8-,9+,11-,14-/m1/s1. The van der Waals surface area contributed by atoms with Crippen LogP contribution in [0.25, 0.3) is 11.2 Å². The first-order valence-corrected chi connectivity index (χ1v) is 13.6. The van der Waals surface area contributed by atoms with Gasteiger partial charge in [-0.15, -0.1) is 0 Å². The van der Waals surface area contributed by atoms with Crippen LogP contribution in [0.4, 0.5) is 10.2 Å². The molecule has 0 amide bonds. The summed E-state index contributed by atoms with van der Waals surface area (Å²) in [5, 5.41) is 13.2. The Bertz CT molecular complexity index is 1110. The highest BCUT2D eigenvalue weighted by Crippen LogP contribution is 2.55. The molecule has 0 spiro atoms. The van der Waals surface area contributed by atoms with Crippen molar-refractivity contribution in [1.29, 1.82) is 0 Å². The fraction of sp³-hybridized carbons (Fsp3) is 0.667. The Morgan fingerprint density at radius 2 is 2.09 bits per heavy atom. The van der Waals surface area contributed by atoms with Gasteiger partial charge in [0, 0.05) is 6.61 Å². The van der Waals surface area contributed by atoms with Crippen LogP contribution in [-0.2, 0) is 23.1 Å². The lowest BCUT2D eigenvalue weighted by Crippen LogP contribution is -2.31. The molecule has 4 rings (SSSR count). The molecule has 2 aliphatic rings. The third-order valence-corrected chi connectivity index (χ3v) is 8.66. The van der Waals surface area contributed by atoms with Crippen molar-refractivity contribution in [2.24, 2.45) is 0 Å². The normalized spacial score (nSPS) is 30.1. The molecule has 0 bridgehead atoms. The van der Waals surface area contributed by atoms with Crippen molar-refractivity contribution < 1.29 is 47.3 Å². The topological polar surface area (TPSA) is 198 Å². The molecule has 0 aliphatic carbocycles. The molecule has 33 heavy (non-hydrogen) atoms. The molecule has 0 radical (unpaired) electrons. The van der Waals surface area contributed by atoms with Crippen LogP contribution in [0, 0.1) is 0 Å². The number of aliphatic hydroxyl groups excluding tert-OH is 1. The zero-order valence-corrected chi connectivity index (χ0v) is 19.3. The molecule has 2 saturated heterocycles. The van der Waals surface area contributed by atoms with Crippen LogP contribution in [-0.4, -0.2) is 89.5 Å². The van der Waals surface area contributed by atoms with Crippen molar-refractivity contribution in [2.75, 3.05) is 31.0 Å². The maximum Gasteiger partial charge on any atom is 0.340 e. The average molecular weight is 532 g/mol. The third kappa shape index (κ3) is 5.70. The molecule has 2 aromatic heterocycles. The van der Waals surface area contributed by atoms with Gasteiger partial charge in [-0.1, -0.05) is 0 Å². The van der Waals surface area contributed by atoms with Crippen LogP contribution in [0.15, 0.2) is 6.33 Å². The van der Waals surface area contributed by atoms with E-state index in [-0.39, 0.29) is 22.5 Å². The molecule has 5 N–H and O–H groups in total. The summed E-state index contributed by atoms with van der Waals surface area (Å²) >= 11 is 6.03. The van der Waals surface area contributed by atoms with Crippen molar-refractivity contribution in [2.45, 2.75) is 37.1 Å². The van der Waals surface area contributed by atoms with E-state index < -0.39 is 52.3 Å². The van der Waals surface area contributed by atoms with Gasteiger partial charge in [-0.25, -0.2) is 9.37 Å². The number of imidazole rings is 1. The van der Waals surface area contributed by atoms with E-state index in [0.29, 0.717) is 19.0 Å². The van der Waals surface area contributed by atoms with Gasteiger partial charge in [0.1, 0.15) is 12.2 Å². The van der Waals surface area contributed by atoms with E-state index in [2.05, 4.69) is 24.8 Å². The van der Waals surface area contributed by atoms with Crippen molar-refractivity contribution in [3.05, 3.63) is 11.6 Å². The molecular weight excluding hydrogens is 511 g/mol. The second kappa shape index (κ2) is 9.42. The quantitative estimate of drug-likeness (QED) is 0.235. The van der Waals surface area contributed by atoms with Gasteiger partial charge >= 0.3 is 15.2 Å². The zero-order valence-electron chi connectivity index (χ0n) is 16.8. The highest BCUT2D eigenvalue weighted by atomic mass is 35.5. The van der Waals surface area contributed by atoms with Gasteiger partial charge in [0.05, 0.1) is 25.6 Å². The third-order valence-electron chi connectivity index (χ3n) is 5.04. The monoisotopic (exact) mass is 531 g/mol. The Morgan fingerprint density at radius 1 is 1.33 bits per heavy atom. The Balaban J connectivity index is 1.53. The summed E-state index contributed by atoms with van der Waals surface area (Å²) in [7, 11) is -9.56. The highest BCUT2D eigenvalue weighted by molar-refractivity contribution is 7.70. The number of rotatable bonds is 8. The molecule has 14 nitrogen and oxygen atoms in total. The molecular formula is C15H21ClFN5O9P2. The summed E-state index contributed by atoms with van der Waals surface area (Å²) in [5.41, 5.74) is 0.393. The summed E-state index contributed by atoms with van der Waals surface area (Å²) in [6.07, 6.45) is -4.66. The number of nitrogens with one attached hydrogen (secondary N) is 1. The van der Waals surface area contributed by atoms with Gasteiger partial charge < -0.3 is 39.1 Å². The molecule has 0 aromatic carbocycles. The molecule has 2 aromatic rings. The minimum absolute atomic E-state index is 0.0216. The van der Waals surface area contributed by atoms with Crippen LogP contribution >= 0.6 is 26.8 Å². The van der Waals surface area contributed by atoms with E-state index in [1.54, 1.807) is 0 Å². The van der Waals surface area contributed by atoms with Gasteiger partial charge in [0.2, 0.25) is 5.28 Å². The number of ether oxygens (including phenoxy) is 2. The number of alkyl halides is 1. The largest absolute Gasteiger partial charge is 0.387 e. The Morgan fingerprint density at radius 3 is 2.76 bits per heavy atom. The number of hydrogen-bond donors (Lipinski definition) is 5. The summed E-state index contributed by atoms with van der Waals surface area (Å²) in [6.45, 7) is 0.263. The molecule has 184 valence electrons. The van der Waals surface area contributed by atoms with E-state index >= 15 is 0 Å². The van der Waals surface area contributed by atoms with E-state index in [4.69, 9.17) is 30.9 Å². The number of hydrogen-bond acceptors (Lipinski definition) is 10. The number of aromatic nitrogens is 4. The molecule has 0 saturated carbocycles. The van der Waals surface area contributed by atoms with Crippen molar-refractivity contribution in [3.63, 3.8) is 0 Å². The smallest absolute Gasteiger partial charge is 0.340 e. The maximum absolute atomic E-state index is 14.9. The van der Waals surface area contributed by atoms with Crippen LogP contribution in [0.2, 0.25) is 5.28 Å². The SMILES string of the molecule is O=P(O)(O)CP(=O)(O)OC[C@H]1O[C@@H](n2cnc3c(NC4CCOC4)nc(Cl)nc32)[C@@H](F)[C@@H]1O. The number of anilines is 1. The van der Waals surface area contributed by atoms with Crippen molar-refractivity contribution >= 4 is 43.8 Å². The van der Waals surface area contributed by atoms with E-state index in [1.807, 2.05) is 0 Å². The van der Waals surface area contributed by atoms with Crippen LogP contribution in [0.1, 0.15) is 12.6 Å². The predicted octanol–water partition coefficient (Wildman–Crippen LogP) is 0.614. The Hall–Kier alpha value is -1.25. The number of fused-ring (bicyclic) bond motifs is 1. The second-order valence-electron chi connectivity index (χ2n) is 7.61. The molecule has 2 aliphatic heterocycles. The van der Waals surface area contributed by atoms with Crippen LogP contribution in [0.5, 0.6) is 0 Å². The zero-order chi connectivity index (χ0) is 24.0. The van der Waals surface area contributed by atoms with Crippen molar-refractivity contribution in [1.82, 2.24) is 19.5 Å². The lowest BCUT2D eigenvalue weighted by Gasteiger charge is -2.18. The fourth-order valence-corrected chi connectivity index (χ4v) is 6.28. The first kappa shape index (κ1) is 24.9. The summed E-state index contributed by atoms with van der Waals surface area (Å²) in [6, 6.07) is -0.0216. The van der Waals surface area contributed by atoms with E-state index in [0.717, 1.165) is 6.42 Å². The summed E-state index contributed by atoms with van der Waals surface area (Å²) in [5.74, 6) is -1.11. The summed E-state index contributed by atoms with van der Waals surface area (Å²) in [4.78, 5) is 39.7. The van der Waals surface area contributed by atoms with Gasteiger partial charge in [-0.05, 0) is 18.0 Å². The van der Waals surface area contributed by atoms with Crippen LogP contribution < -0.4 is 5.32 Å². The Labute approximate surface area is 190 Å². The highest BCUT2D eigenvalue weighted by Gasteiger charge is 2.47. The van der Waals surface area contributed by atoms with Crippen LogP contribution in [0.3, 0.4) is 0 Å². The average Bonchev–Trinajstić information content (AvgIpc) is 3.40. The minimum atomic E-state index is -4.84. The maximum atomic E-state index is 14.9. The van der Waals surface area contributed by atoms with E-state index in [1.165, 1.54) is 10.9 Å². The molecule has 18 heteroatoms. The minimum Gasteiger partial charge on any atom is -0.387 e. The molecule has 4 heterocycles. The fourth-order valence-electron chi connectivity index (χ4n) is 3.55. The number of nitrogens with zero attached hydrogens (tertiary/aromatic N) is 4. The predicted molar refractivity (Wildman–Crippen MR) is 111 cm³/mol. The molecule has 2 fully saturated rings. The second-order valence-corrected chi connectivity index (χ2v) is 11.9.